The van der Waals surface area contributed by atoms with Gasteiger partial charge in [0.2, 0.25) is 0 Å². The van der Waals surface area contributed by atoms with Crippen molar-refractivity contribution < 1.29 is 14.3 Å². The van der Waals surface area contributed by atoms with E-state index >= 15 is 0 Å². The lowest BCUT2D eigenvalue weighted by Crippen LogP contribution is -2.32. The van der Waals surface area contributed by atoms with Gasteiger partial charge in [0.05, 0.1) is 6.21 Å². The topological polar surface area (TPSA) is 79.8 Å². The normalized spacial score (nSPS) is 10.3. The van der Waals surface area contributed by atoms with Crippen molar-refractivity contribution in [1.29, 1.82) is 0 Å². The van der Waals surface area contributed by atoms with E-state index in [4.69, 9.17) is 4.74 Å². The Hall–Kier alpha value is -3.41. The van der Waals surface area contributed by atoms with Crippen LogP contribution >= 0.6 is 0 Å². The first-order valence-electron chi connectivity index (χ1n) is 8.20. The standard InChI is InChI=1S/C20H21N3O3/c1-3-13-26-17-11-9-15(10-12-17)14-21-23-20(25)19(24)22-18-8-6-5-7-16(18)4-2/h3,5-12,14H,1,4,13H2,2H3,(H,22,24)(H,23,25)/b21-14-. The highest BCUT2D eigenvalue weighted by atomic mass is 16.5. The van der Waals surface area contributed by atoms with Crippen LogP contribution in [0.5, 0.6) is 5.75 Å². The first kappa shape index (κ1) is 18.9. The zero-order chi connectivity index (χ0) is 18.8. The number of rotatable bonds is 7. The number of carbonyl (C=O) groups is 2. The molecule has 0 aliphatic carbocycles. The highest BCUT2D eigenvalue weighted by Crippen LogP contribution is 2.15. The molecule has 6 nitrogen and oxygen atoms in total. The molecular weight excluding hydrogens is 330 g/mol. The number of anilines is 1. The van der Waals surface area contributed by atoms with Crippen molar-refractivity contribution in [3.8, 4) is 5.75 Å². The van der Waals surface area contributed by atoms with E-state index in [2.05, 4.69) is 22.4 Å². The number of ether oxygens (including phenoxy) is 1. The molecule has 6 heteroatoms. The highest BCUT2D eigenvalue weighted by molar-refractivity contribution is 6.39. The molecule has 0 heterocycles. The van der Waals surface area contributed by atoms with E-state index in [1.54, 1.807) is 42.5 Å². The maximum Gasteiger partial charge on any atom is 0.329 e. The second-order valence-electron chi connectivity index (χ2n) is 5.33. The summed E-state index contributed by atoms with van der Waals surface area (Å²) < 4.78 is 5.37. The molecule has 134 valence electrons. The summed E-state index contributed by atoms with van der Waals surface area (Å²) in [7, 11) is 0. The predicted molar refractivity (Wildman–Crippen MR) is 102 cm³/mol. The molecule has 0 aliphatic rings. The summed E-state index contributed by atoms with van der Waals surface area (Å²) in [5, 5.41) is 6.38. The van der Waals surface area contributed by atoms with Crippen LogP contribution in [0.25, 0.3) is 0 Å². The van der Waals surface area contributed by atoms with Crippen LogP contribution in [0.1, 0.15) is 18.1 Å². The maximum absolute atomic E-state index is 11.9. The van der Waals surface area contributed by atoms with E-state index in [0.29, 0.717) is 18.0 Å². The number of hydrogen-bond donors (Lipinski definition) is 2. The molecule has 2 amide bonds. The number of hydrogen-bond acceptors (Lipinski definition) is 4. The Labute approximate surface area is 152 Å². The Morgan fingerprint density at radius 3 is 2.54 bits per heavy atom. The van der Waals surface area contributed by atoms with Crippen LogP contribution in [0.4, 0.5) is 5.69 Å². The van der Waals surface area contributed by atoms with Crippen LogP contribution in [0.2, 0.25) is 0 Å². The molecule has 0 aliphatic heterocycles. The fourth-order valence-corrected chi connectivity index (χ4v) is 2.15. The van der Waals surface area contributed by atoms with Crippen molar-refractivity contribution in [3.05, 3.63) is 72.3 Å². The highest BCUT2D eigenvalue weighted by Gasteiger charge is 2.14. The summed E-state index contributed by atoms with van der Waals surface area (Å²) in [5.74, 6) is -0.894. The summed E-state index contributed by atoms with van der Waals surface area (Å²) in [6.45, 7) is 5.99. The monoisotopic (exact) mass is 351 g/mol. The number of hydrazone groups is 1. The predicted octanol–water partition coefficient (Wildman–Crippen LogP) is 2.90. The smallest absolute Gasteiger partial charge is 0.329 e. The van der Waals surface area contributed by atoms with E-state index in [0.717, 1.165) is 17.5 Å². The SMILES string of the molecule is C=CCOc1ccc(/C=N\NC(=O)C(=O)Nc2ccccc2CC)cc1. The average Bonchev–Trinajstić information content (AvgIpc) is 2.67. The van der Waals surface area contributed by atoms with E-state index in [-0.39, 0.29) is 0 Å². The first-order valence-corrected chi connectivity index (χ1v) is 8.20. The van der Waals surface area contributed by atoms with Gasteiger partial charge < -0.3 is 10.1 Å². The first-order chi connectivity index (χ1) is 12.6. The van der Waals surface area contributed by atoms with Gasteiger partial charge in [-0.15, -0.1) is 0 Å². The zero-order valence-corrected chi connectivity index (χ0v) is 14.6. The quantitative estimate of drug-likeness (QED) is 0.348. The molecule has 0 spiro atoms. The number of para-hydroxylation sites is 1. The fourth-order valence-electron chi connectivity index (χ4n) is 2.15. The molecular formula is C20H21N3O3. The number of nitrogens with zero attached hydrogens (tertiary/aromatic N) is 1. The molecule has 0 saturated heterocycles. The van der Waals surface area contributed by atoms with Crippen molar-refractivity contribution in [2.75, 3.05) is 11.9 Å². The Bertz CT molecular complexity index is 798. The minimum atomic E-state index is -0.835. The molecule has 0 saturated carbocycles. The summed E-state index contributed by atoms with van der Waals surface area (Å²) in [6.07, 6.45) is 3.86. The third-order valence-corrected chi connectivity index (χ3v) is 3.48. The lowest BCUT2D eigenvalue weighted by Gasteiger charge is -2.08. The minimum Gasteiger partial charge on any atom is -0.490 e. The molecule has 2 N–H and O–H groups in total. The summed E-state index contributed by atoms with van der Waals surface area (Å²) >= 11 is 0. The van der Waals surface area contributed by atoms with Crippen LogP contribution < -0.4 is 15.5 Å². The second kappa shape index (κ2) is 9.78. The number of carbonyl (C=O) groups excluding carboxylic acids is 2. The van der Waals surface area contributed by atoms with Crippen LogP contribution in [0.3, 0.4) is 0 Å². The van der Waals surface area contributed by atoms with Crippen molar-refractivity contribution in [2.24, 2.45) is 5.10 Å². The molecule has 2 aromatic carbocycles. The third-order valence-electron chi connectivity index (χ3n) is 3.48. The largest absolute Gasteiger partial charge is 0.490 e. The number of benzene rings is 2. The average molecular weight is 351 g/mol. The molecule has 2 rings (SSSR count). The van der Waals surface area contributed by atoms with Gasteiger partial charge in [-0.1, -0.05) is 37.8 Å². The summed E-state index contributed by atoms with van der Waals surface area (Å²) in [6, 6.07) is 14.5. The lowest BCUT2D eigenvalue weighted by molar-refractivity contribution is -0.136. The van der Waals surface area contributed by atoms with E-state index in [1.165, 1.54) is 6.21 Å². The van der Waals surface area contributed by atoms with Gasteiger partial charge in [0.15, 0.2) is 0 Å². The Morgan fingerprint density at radius 2 is 1.85 bits per heavy atom. The van der Waals surface area contributed by atoms with Crippen molar-refractivity contribution >= 4 is 23.7 Å². The van der Waals surface area contributed by atoms with Crippen molar-refractivity contribution in [3.63, 3.8) is 0 Å². The number of aryl methyl sites for hydroxylation is 1. The van der Waals surface area contributed by atoms with E-state index in [1.807, 2.05) is 19.1 Å². The van der Waals surface area contributed by atoms with Crippen LogP contribution in [-0.2, 0) is 16.0 Å². The zero-order valence-electron chi connectivity index (χ0n) is 14.6. The fraction of sp³-hybridized carbons (Fsp3) is 0.150. The molecule has 26 heavy (non-hydrogen) atoms. The second-order valence-corrected chi connectivity index (χ2v) is 5.33. The summed E-state index contributed by atoms with van der Waals surface area (Å²) in [4.78, 5) is 23.8. The minimum absolute atomic E-state index is 0.430. The van der Waals surface area contributed by atoms with E-state index < -0.39 is 11.8 Å². The van der Waals surface area contributed by atoms with Gasteiger partial charge in [0.25, 0.3) is 0 Å². The van der Waals surface area contributed by atoms with Gasteiger partial charge in [-0.25, -0.2) is 5.43 Å². The Kier molecular flexibility index (Phi) is 7.12. The number of nitrogens with one attached hydrogen (secondary N) is 2. The van der Waals surface area contributed by atoms with Crippen LogP contribution in [0.15, 0.2) is 66.3 Å². The van der Waals surface area contributed by atoms with Gasteiger partial charge in [-0.3, -0.25) is 9.59 Å². The van der Waals surface area contributed by atoms with Crippen molar-refractivity contribution in [2.45, 2.75) is 13.3 Å². The Morgan fingerprint density at radius 1 is 1.12 bits per heavy atom. The lowest BCUT2D eigenvalue weighted by atomic mass is 10.1. The van der Waals surface area contributed by atoms with Crippen LogP contribution in [-0.4, -0.2) is 24.6 Å². The molecule has 0 unspecified atom stereocenters. The molecule has 0 atom stereocenters. The molecule has 0 fully saturated rings. The van der Waals surface area contributed by atoms with Crippen molar-refractivity contribution in [1.82, 2.24) is 5.43 Å². The van der Waals surface area contributed by atoms with E-state index in [9.17, 15) is 9.59 Å². The van der Waals surface area contributed by atoms with Gasteiger partial charge >= 0.3 is 11.8 Å². The van der Waals surface area contributed by atoms with Crippen LogP contribution in [0, 0.1) is 0 Å². The maximum atomic E-state index is 11.9. The van der Waals surface area contributed by atoms with Gasteiger partial charge in [-0.2, -0.15) is 5.10 Å². The molecule has 0 aromatic heterocycles. The summed E-state index contributed by atoms with van der Waals surface area (Å²) in [5.41, 5.74) is 4.54. The third kappa shape index (κ3) is 5.59. The molecule has 0 radical (unpaired) electrons. The van der Waals surface area contributed by atoms with Gasteiger partial charge in [0.1, 0.15) is 12.4 Å². The van der Waals surface area contributed by atoms with Gasteiger partial charge in [-0.05, 0) is 47.9 Å². The number of amides is 2. The molecule has 2 aromatic rings. The molecule has 0 bridgehead atoms. The van der Waals surface area contributed by atoms with Gasteiger partial charge in [0, 0.05) is 5.69 Å². The Balaban J connectivity index is 1.88.